The number of hydrogen-bond acceptors (Lipinski definition) is 2. The first-order chi connectivity index (χ1) is 11.3. The van der Waals surface area contributed by atoms with Crippen LogP contribution in [0, 0.1) is 5.92 Å². The number of hydrogen-bond donors (Lipinski definition) is 1. The van der Waals surface area contributed by atoms with Crippen LogP contribution in [0.2, 0.25) is 0 Å². The van der Waals surface area contributed by atoms with Crippen molar-refractivity contribution in [3.63, 3.8) is 0 Å². The fourth-order valence-corrected chi connectivity index (χ4v) is 3.21. The van der Waals surface area contributed by atoms with E-state index >= 15 is 0 Å². The molecule has 2 fully saturated rings. The first kappa shape index (κ1) is 16.2. The minimum atomic E-state index is 0.321. The molecule has 2 aliphatic rings. The number of likely N-dealkylation sites (tertiary alicyclic amines) is 1. The minimum Gasteiger partial charge on any atom is -0.490 e. The van der Waals surface area contributed by atoms with Crippen molar-refractivity contribution in [2.45, 2.75) is 44.6 Å². The van der Waals surface area contributed by atoms with E-state index < -0.39 is 0 Å². The topological polar surface area (TPSA) is 36.9 Å². The molecule has 4 nitrogen and oxygen atoms in total. The number of piperidine rings is 1. The van der Waals surface area contributed by atoms with Crippen LogP contribution in [-0.4, -0.2) is 43.6 Å². The SMILES string of the molecule is CN=C(NCCCC1CC1)N1CCC(Oc2ccccc2)CC1. The predicted octanol–water partition coefficient (Wildman–Crippen LogP) is 3.30. The Morgan fingerprint density at radius 3 is 2.57 bits per heavy atom. The summed E-state index contributed by atoms with van der Waals surface area (Å²) in [7, 11) is 1.88. The van der Waals surface area contributed by atoms with Crippen LogP contribution < -0.4 is 10.1 Å². The number of nitrogens with one attached hydrogen (secondary N) is 1. The maximum atomic E-state index is 6.06. The predicted molar refractivity (Wildman–Crippen MR) is 95.0 cm³/mol. The van der Waals surface area contributed by atoms with Gasteiger partial charge in [-0.25, -0.2) is 0 Å². The number of rotatable bonds is 6. The van der Waals surface area contributed by atoms with Crippen molar-refractivity contribution in [2.24, 2.45) is 10.9 Å². The van der Waals surface area contributed by atoms with E-state index in [2.05, 4.69) is 15.2 Å². The van der Waals surface area contributed by atoms with Crippen molar-refractivity contribution in [2.75, 3.05) is 26.7 Å². The van der Waals surface area contributed by atoms with Crippen LogP contribution in [0.5, 0.6) is 5.75 Å². The van der Waals surface area contributed by atoms with Gasteiger partial charge < -0.3 is 15.0 Å². The van der Waals surface area contributed by atoms with E-state index in [4.69, 9.17) is 4.74 Å². The van der Waals surface area contributed by atoms with E-state index in [9.17, 15) is 0 Å². The smallest absolute Gasteiger partial charge is 0.193 e. The Kier molecular flexibility index (Phi) is 5.78. The quantitative estimate of drug-likeness (QED) is 0.497. The summed E-state index contributed by atoms with van der Waals surface area (Å²) in [5.41, 5.74) is 0. The molecule has 1 heterocycles. The Labute approximate surface area is 139 Å². The molecule has 1 saturated carbocycles. The molecule has 0 atom stereocenters. The molecule has 0 bridgehead atoms. The summed E-state index contributed by atoms with van der Waals surface area (Å²) in [4.78, 5) is 6.81. The Bertz CT molecular complexity index is 491. The molecule has 0 spiro atoms. The van der Waals surface area contributed by atoms with Gasteiger partial charge in [-0.15, -0.1) is 0 Å². The highest BCUT2D eigenvalue weighted by molar-refractivity contribution is 5.79. The molecule has 23 heavy (non-hydrogen) atoms. The number of benzene rings is 1. The van der Waals surface area contributed by atoms with Crippen LogP contribution >= 0.6 is 0 Å². The average molecular weight is 315 g/mol. The molecule has 1 N–H and O–H groups in total. The summed E-state index contributed by atoms with van der Waals surface area (Å²) in [5.74, 6) is 3.05. The summed E-state index contributed by atoms with van der Waals surface area (Å²) in [6.45, 7) is 3.07. The third-order valence-corrected chi connectivity index (χ3v) is 4.77. The normalized spacial score (nSPS) is 19.7. The molecule has 3 rings (SSSR count). The van der Waals surface area contributed by atoms with Gasteiger partial charge in [0.15, 0.2) is 5.96 Å². The van der Waals surface area contributed by atoms with Gasteiger partial charge in [-0.1, -0.05) is 31.0 Å². The molecule has 1 saturated heterocycles. The van der Waals surface area contributed by atoms with E-state index in [1.807, 2.05) is 37.4 Å². The molecule has 0 radical (unpaired) electrons. The molecule has 0 amide bonds. The van der Waals surface area contributed by atoms with E-state index in [0.29, 0.717) is 6.10 Å². The number of para-hydroxylation sites is 1. The van der Waals surface area contributed by atoms with Crippen LogP contribution in [0.1, 0.15) is 38.5 Å². The molecule has 0 aromatic heterocycles. The summed E-state index contributed by atoms with van der Waals surface area (Å²) in [5, 5.41) is 3.52. The second-order valence-corrected chi connectivity index (χ2v) is 6.68. The average Bonchev–Trinajstić information content (AvgIpc) is 3.41. The zero-order valence-electron chi connectivity index (χ0n) is 14.2. The molecular formula is C19H29N3O. The highest BCUT2D eigenvalue weighted by Gasteiger charge is 2.23. The molecule has 4 heteroatoms. The van der Waals surface area contributed by atoms with Crippen molar-refractivity contribution in [3.05, 3.63) is 30.3 Å². The van der Waals surface area contributed by atoms with E-state index in [1.54, 1.807) is 0 Å². The molecule has 1 aromatic carbocycles. The lowest BCUT2D eigenvalue weighted by atomic mass is 10.1. The van der Waals surface area contributed by atoms with Crippen LogP contribution in [0.15, 0.2) is 35.3 Å². The fourth-order valence-electron chi connectivity index (χ4n) is 3.21. The van der Waals surface area contributed by atoms with E-state index in [0.717, 1.165) is 50.1 Å². The van der Waals surface area contributed by atoms with Gasteiger partial charge in [0, 0.05) is 39.5 Å². The van der Waals surface area contributed by atoms with Gasteiger partial charge in [0.25, 0.3) is 0 Å². The van der Waals surface area contributed by atoms with Crippen LogP contribution in [-0.2, 0) is 0 Å². The molecular weight excluding hydrogens is 286 g/mol. The number of ether oxygens (including phenoxy) is 1. The van der Waals surface area contributed by atoms with Gasteiger partial charge in [0.05, 0.1) is 0 Å². The van der Waals surface area contributed by atoms with Crippen molar-refractivity contribution >= 4 is 5.96 Å². The van der Waals surface area contributed by atoms with Gasteiger partial charge in [0.1, 0.15) is 11.9 Å². The maximum Gasteiger partial charge on any atom is 0.193 e. The Balaban J connectivity index is 1.38. The third-order valence-electron chi connectivity index (χ3n) is 4.77. The van der Waals surface area contributed by atoms with Gasteiger partial charge in [0.2, 0.25) is 0 Å². The lowest BCUT2D eigenvalue weighted by Crippen LogP contribution is -2.47. The standard InChI is InChI=1S/C19H29N3O/c1-20-19(21-13-5-6-16-9-10-16)22-14-11-18(12-15-22)23-17-7-3-2-4-8-17/h2-4,7-8,16,18H,5-6,9-15H2,1H3,(H,20,21). The van der Waals surface area contributed by atoms with Crippen molar-refractivity contribution in [1.29, 1.82) is 0 Å². The molecule has 126 valence electrons. The third kappa shape index (κ3) is 5.15. The Morgan fingerprint density at radius 1 is 1.17 bits per heavy atom. The molecule has 1 aliphatic carbocycles. The van der Waals surface area contributed by atoms with Gasteiger partial charge >= 0.3 is 0 Å². The molecule has 1 aliphatic heterocycles. The van der Waals surface area contributed by atoms with Crippen molar-refractivity contribution in [3.8, 4) is 5.75 Å². The lowest BCUT2D eigenvalue weighted by Gasteiger charge is -2.34. The molecule has 0 unspecified atom stereocenters. The van der Waals surface area contributed by atoms with Crippen LogP contribution in [0.3, 0.4) is 0 Å². The monoisotopic (exact) mass is 315 g/mol. The second kappa shape index (κ2) is 8.23. The largest absolute Gasteiger partial charge is 0.490 e. The molecule has 1 aromatic rings. The Hall–Kier alpha value is -1.71. The number of aliphatic imine (C=N–C) groups is 1. The lowest BCUT2D eigenvalue weighted by molar-refractivity contribution is 0.129. The fraction of sp³-hybridized carbons (Fsp3) is 0.632. The van der Waals surface area contributed by atoms with Crippen LogP contribution in [0.25, 0.3) is 0 Å². The summed E-state index contributed by atoms with van der Waals surface area (Å²) < 4.78 is 6.06. The summed E-state index contributed by atoms with van der Waals surface area (Å²) >= 11 is 0. The van der Waals surface area contributed by atoms with Gasteiger partial charge in [-0.2, -0.15) is 0 Å². The minimum absolute atomic E-state index is 0.321. The second-order valence-electron chi connectivity index (χ2n) is 6.68. The van der Waals surface area contributed by atoms with Crippen LogP contribution in [0.4, 0.5) is 0 Å². The van der Waals surface area contributed by atoms with Crippen molar-refractivity contribution in [1.82, 2.24) is 10.2 Å². The Morgan fingerprint density at radius 2 is 1.91 bits per heavy atom. The highest BCUT2D eigenvalue weighted by Crippen LogP contribution is 2.33. The first-order valence-corrected chi connectivity index (χ1v) is 9.02. The zero-order chi connectivity index (χ0) is 15.9. The van der Waals surface area contributed by atoms with Gasteiger partial charge in [-0.05, 0) is 30.9 Å². The van der Waals surface area contributed by atoms with E-state index in [-0.39, 0.29) is 0 Å². The number of nitrogens with zero attached hydrogens (tertiary/aromatic N) is 2. The number of guanidine groups is 1. The maximum absolute atomic E-state index is 6.06. The first-order valence-electron chi connectivity index (χ1n) is 9.02. The van der Waals surface area contributed by atoms with E-state index in [1.165, 1.54) is 25.7 Å². The summed E-state index contributed by atoms with van der Waals surface area (Å²) in [6, 6.07) is 10.1. The summed E-state index contributed by atoms with van der Waals surface area (Å²) in [6.07, 6.45) is 7.96. The highest BCUT2D eigenvalue weighted by atomic mass is 16.5. The van der Waals surface area contributed by atoms with Gasteiger partial charge in [-0.3, -0.25) is 4.99 Å². The zero-order valence-corrected chi connectivity index (χ0v) is 14.2. The van der Waals surface area contributed by atoms with Crippen molar-refractivity contribution < 1.29 is 4.74 Å².